The Labute approximate surface area is 128 Å². The summed E-state index contributed by atoms with van der Waals surface area (Å²) in [6.45, 7) is 2.86. The number of carbonyl (C=O) groups is 1. The number of amides is 2. The first-order valence-electron chi connectivity index (χ1n) is 6.97. The lowest BCUT2D eigenvalue weighted by Crippen LogP contribution is -2.36. The van der Waals surface area contributed by atoms with Gasteiger partial charge in [0, 0.05) is 22.8 Å². The Morgan fingerprint density at radius 3 is 2.62 bits per heavy atom. The molecule has 3 N–H and O–H groups in total. The van der Waals surface area contributed by atoms with E-state index in [0.717, 1.165) is 21.7 Å². The molecule has 2 aromatic rings. The van der Waals surface area contributed by atoms with Crippen LogP contribution in [-0.4, -0.2) is 17.7 Å². The number of rotatable bonds is 6. The summed E-state index contributed by atoms with van der Waals surface area (Å²) in [5.41, 5.74) is 1.08. The first kappa shape index (κ1) is 15.5. The number of hydrogen-bond acceptors (Lipinski definition) is 3. The molecular formula is C16H20N2O2S. The normalized spacial score (nSPS) is 11.9. The molecule has 2 rings (SSSR count). The highest BCUT2D eigenvalue weighted by molar-refractivity contribution is 7.12. The van der Waals surface area contributed by atoms with E-state index in [1.54, 1.807) is 18.3 Å². The van der Waals surface area contributed by atoms with Crippen LogP contribution in [-0.2, 0) is 13.0 Å². The van der Waals surface area contributed by atoms with Crippen LogP contribution in [0.4, 0.5) is 4.79 Å². The van der Waals surface area contributed by atoms with E-state index in [-0.39, 0.29) is 6.03 Å². The van der Waals surface area contributed by atoms with Crippen LogP contribution in [0.25, 0.3) is 0 Å². The van der Waals surface area contributed by atoms with Crippen LogP contribution in [0.2, 0.25) is 0 Å². The highest BCUT2D eigenvalue weighted by atomic mass is 32.1. The van der Waals surface area contributed by atoms with Gasteiger partial charge in [-0.15, -0.1) is 11.3 Å². The van der Waals surface area contributed by atoms with Gasteiger partial charge in [-0.05, 0) is 31.0 Å². The largest absolute Gasteiger partial charge is 0.388 e. The second-order valence-corrected chi connectivity index (χ2v) is 6.03. The Kier molecular flexibility index (Phi) is 5.78. The fraction of sp³-hybridized carbons (Fsp3) is 0.312. The van der Waals surface area contributed by atoms with Gasteiger partial charge in [0.1, 0.15) is 0 Å². The number of benzene rings is 1. The third kappa shape index (κ3) is 5.21. The molecule has 0 radical (unpaired) electrons. The molecule has 0 fully saturated rings. The summed E-state index contributed by atoms with van der Waals surface area (Å²) in [5, 5.41) is 15.1. The Morgan fingerprint density at radius 2 is 1.95 bits per heavy atom. The zero-order valence-electron chi connectivity index (χ0n) is 12.0. The van der Waals surface area contributed by atoms with Gasteiger partial charge in [-0.1, -0.05) is 30.3 Å². The van der Waals surface area contributed by atoms with E-state index >= 15 is 0 Å². The molecule has 0 aliphatic heterocycles. The quantitative estimate of drug-likeness (QED) is 0.768. The van der Waals surface area contributed by atoms with Crippen LogP contribution in [0, 0.1) is 0 Å². The van der Waals surface area contributed by atoms with Crippen molar-refractivity contribution in [3.05, 3.63) is 57.8 Å². The van der Waals surface area contributed by atoms with Crippen molar-refractivity contribution in [1.82, 2.24) is 10.6 Å². The second-order valence-electron chi connectivity index (χ2n) is 4.83. The molecule has 1 atom stereocenters. The molecule has 4 nitrogen and oxygen atoms in total. The van der Waals surface area contributed by atoms with Gasteiger partial charge in [-0.3, -0.25) is 0 Å². The minimum Gasteiger partial charge on any atom is -0.388 e. The summed E-state index contributed by atoms with van der Waals surface area (Å²) in [4.78, 5) is 13.8. The number of thiophene rings is 1. The number of aliphatic hydroxyl groups excluding tert-OH is 1. The van der Waals surface area contributed by atoms with E-state index in [0.29, 0.717) is 13.1 Å². The van der Waals surface area contributed by atoms with Gasteiger partial charge in [-0.2, -0.15) is 0 Å². The Morgan fingerprint density at radius 1 is 1.19 bits per heavy atom. The van der Waals surface area contributed by atoms with E-state index in [2.05, 4.69) is 10.6 Å². The van der Waals surface area contributed by atoms with Gasteiger partial charge in [-0.25, -0.2) is 4.79 Å². The van der Waals surface area contributed by atoms with Gasteiger partial charge in [0.15, 0.2) is 0 Å². The second kappa shape index (κ2) is 7.81. The molecule has 2 amide bonds. The lowest BCUT2D eigenvalue weighted by atomic mass is 10.2. The van der Waals surface area contributed by atoms with Crippen LogP contribution in [0.1, 0.15) is 28.3 Å². The monoisotopic (exact) mass is 304 g/mol. The first-order chi connectivity index (χ1) is 10.1. The SMILES string of the molecule is CC(O)c1ccc(CCNC(=O)NCc2ccccc2)s1. The maximum atomic E-state index is 11.7. The number of carbonyl (C=O) groups excluding carboxylic acids is 1. The van der Waals surface area contributed by atoms with Crippen molar-refractivity contribution in [3.8, 4) is 0 Å². The van der Waals surface area contributed by atoms with Crippen molar-refractivity contribution >= 4 is 17.4 Å². The number of urea groups is 1. The summed E-state index contributed by atoms with van der Waals surface area (Å²) < 4.78 is 0. The molecule has 21 heavy (non-hydrogen) atoms. The summed E-state index contributed by atoms with van der Waals surface area (Å²) in [5.74, 6) is 0. The van der Waals surface area contributed by atoms with Crippen molar-refractivity contribution in [3.63, 3.8) is 0 Å². The summed E-state index contributed by atoms with van der Waals surface area (Å²) in [6, 6.07) is 13.6. The molecule has 0 aliphatic carbocycles. The van der Waals surface area contributed by atoms with Crippen LogP contribution < -0.4 is 10.6 Å². The number of nitrogens with one attached hydrogen (secondary N) is 2. The molecule has 0 bridgehead atoms. The van der Waals surface area contributed by atoms with Gasteiger partial charge in [0.05, 0.1) is 6.10 Å². The first-order valence-corrected chi connectivity index (χ1v) is 7.79. The fourth-order valence-corrected chi connectivity index (χ4v) is 2.84. The Balaban J connectivity index is 1.67. The molecule has 0 spiro atoms. The van der Waals surface area contributed by atoms with Gasteiger partial charge in [0.25, 0.3) is 0 Å². The lowest BCUT2D eigenvalue weighted by Gasteiger charge is -2.07. The third-order valence-electron chi connectivity index (χ3n) is 3.05. The van der Waals surface area contributed by atoms with Crippen LogP contribution in [0.15, 0.2) is 42.5 Å². The zero-order chi connectivity index (χ0) is 15.1. The molecule has 0 saturated heterocycles. The predicted octanol–water partition coefficient (Wildman–Crippen LogP) is 2.84. The minimum absolute atomic E-state index is 0.161. The lowest BCUT2D eigenvalue weighted by molar-refractivity contribution is 0.203. The molecule has 1 heterocycles. The van der Waals surface area contributed by atoms with E-state index < -0.39 is 6.10 Å². The maximum absolute atomic E-state index is 11.7. The highest BCUT2D eigenvalue weighted by Gasteiger charge is 2.05. The topological polar surface area (TPSA) is 61.4 Å². The van der Waals surface area contributed by atoms with E-state index in [1.807, 2.05) is 42.5 Å². The number of hydrogen-bond donors (Lipinski definition) is 3. The molecule has 0 saturated carbocycles. The molecule has 1 aromatic carbocycles. The smallest absolute Gasteiger partial charge is 0.315 e. The zero-order valence-corrected chi connectivity index (χ0v) is 12.8. The average molecular weight is 304 g/mol. The van der Waals surface area contributed by atoms with Crippen molar-refractivity contribution in [1.29, 1.82) is 0 Å². The number of aliphatic hydroxyl groups is 1. The standard InChI is InChI=1S/C16H20N2O2S/c1-12(19)15-8-7-14(21-15)9-10-17-16(20)18-11-13-5-3-2-4-6-13/h2-8,12,19H,9-11H2,1H3,(H2,17,18,20). The van der Waals surface area contributed by atoms with Gasteiger partial charge in [0.2, 0.25) is 0 Å². The van der Waals surface area contributed by atoms with Crippen molar-refractivity contribution in [2.45, 2.75) is 26.0 Å². The van der Waals surface area contributed by atoms with E-state index in [1.165, 1.54) is 0 Å². The van der Waals surface area contributed by atoms with E-state index in [4.69, 9.17) is 0 Å². The molecule has 1 unspecified atom stereocenters. The highest BCUT2D eigenvalue weighted by Crippen LogP contribution is 2.22. The van der Waals surface area contributed by atoms with E-state index in [9.17, 15) is 9.90 Å². The van der Waals surface area contributed by atoms with Crippen molar-refractivity contribution in [2.75, 3.05) is 6.54 Å². The third-order valence-corrected chi connectivity index (χ3v) is 4.36. The summed E-state index contributed by atoms with van der Waals surface area (Å²) in [6.07, 6.45) is 0.349. The van der Waals surface area contributed by atoms with Gasteiger partial charge < -0.3 is 15.7 Å². The molecule has 1 aromatic heterocycles. The average Bonchev–Trinajstić information content (AvgIpc) is 2.95. The van der Waals surface area contributed by atoms with Crippen LogP contribution >= 0.6 is 11.3 Å². The minimum atomic E-state index is -0.425. The molecular weight excluding hydrogens is 284 g/mol. The Hall–Kier alpha value is -1.85. The van der Waals surface area contributed by atoms with Gasteiger partial charge >= 0.3 is 6.03 Å². The van der Waals surface area contributed by atoms with Crippen molar-refractivity contribution < 1.29 is 9.90 Å². The summed E-state index contributed by atoms with van der Waals surface area (Å²) >= 11 is 1.58. The Bertz CT molecular complexity index is 567. The maximum Gasteiger partial charge on any atom is 0.315 e. The van der Waals surface area contributed by atoms with Crippen molar-refractivity contribution in [2.24, 2.45) is 0 Å². The fourth-order valence-electron chi connectivity index (χ4n) is 1.89. The van der Waals surface area contributed by atoms with Crippen LogP contribution in [0.5, 0.6) is 0 Å². The van der Waals surface area contributed by atoms with Crippen LogP contribution in [0.3, 0.4) is 0 Å². The molecule has 0 aliphatic rings. The summed E-state index contributed by atoms with van der Waals surface area (Å²) in [7, 11) is 0. The molecule has 112 valence electrons. The predicted molar refractivity (Wildman–Crippen MR) is 85.3 cm³/mol. The molecule has 5 heteroatoms.